The molecule has 0 fully saturated rings. The zero-order valence-corrected chi connectivity index (χ0v) is 9.60. The molecule has 2 N–H and O–H groups in total. The normalized spacial score (nSPS) is 10.7. The van der Waals surface area contributed by atoms with Crippen molar-refractivity contribution in [1.82, 2.24) is 15.5 Å². The van der Waals surface area contributed by atoms with Crippen LogP contribution in [0.5, 0.6) is 0 Å². The predicted molar refractivity (Wildman–Crippen MR) is 63.1 cm³/mol. The van der Waals surface area contributed by atoms with Crippen LogP contribution in [0.25, 0.3) is 0 Å². The van der Waals surface area contributed by atoms with E-state index in [-0.39, 0.29) is 0 Å². The van der Waals surface area contributed by atoms with E-state index < -0.39 is 0 Å². The highest BCUT2D eigenvalue weighted by molar-refractivity contribution is 7.07. The third kappa shape index (κ3) is 2.91. The van der Waals surface area contributed by atoms with E-state index in [1.54, 1.807) is 11.3 Å². The van der Waals surface area contributed by atoms with Crippen molar-refractivity contribution in [1.29, 1.82) is 0 Å². The molecule has 2 aromatic rings. The summed E-state index contributed by atoms with van der Waals surface area (Å²) in [5, 5.41) is 14.7. The zero-order valence-electron chi connectivity index (χ0n) is 8.79. The number of H-pyrrole nitrogens is 1. The Balaban J connectivity index is 1.70. The lowest BCUT2D eigenvalue weighted by Crippen LogP contribution is -2.16. The van der Waals surface area contributed by atoms with E-state index in [1.807, 2.05) is 13.1 Å². The number of nitrogens with one attached hydrogen (secondary N) is 2. The maximum atomic E-state index is 3.99. The summed E-state index contributed by atoms with van der Waals surface area (Å²) in [6.45, 7) is 3.96. The third-order valence-corrected chi connectivity index (χ3v) is 3.15. The Morgan fingerprint density at radius 3 is 3.13 bits per heavy atom. The SMILES string of the molecule is Cc1[nH]ncc1CNCCc1ccsc1. The second kappa shape index (κ2) is 5.09. The van der Waals surface area contributed by atoms with Gasteiger partial charge >= 0.3 is 0 Å². The quantitative estimate of drug-likeness (QED) is 0.759. The molecule has 0 amide bonds. The van der Waals surface area contributed by atoms with E-state index in [1.165, 1.54) is 11.1 Å². The van der Waals surface area contributed by atoms with Gasteiger partial charge in [-0.25, -0.2) is 0 Å². The predicted octanol–water partition coefficient (Wildman–Crippen LogP) is 2.11. The number of thiophene rings is 1. The van der Waals surface area contributed by atoms with Gasteiger partial charge in [0.1, 0.15) is 0 Å². The Bertz CT molecular complexity index is 392. The molecular weight excluding hydrogens is 206 g/mol. The van der Waals surface area contributed by atoms with Gasteiger partial charge in [0.2, 0.25) is 0 Å². The van der Waals surface area contributed by atoms with Crippen molar-refractivity contribution < 1.29 is 0 Å². The monoisotopic (exact) mass is 221 g/mol. The van der Waals surface area contributed by atoms with Gasteiger partial charge in [-0.15, -0.1) is 0 Å². The highest BCUT2D eigenvalue weighted by atomic mass is 32.1. The summed E-state index contributed by atoms with van der Waals surface area (Å²) in [6.07, 6.45) is 2.98. The molecule has 0 aliphatic carbocycles. The summed E-state index contributed by atoms with van der Waals surface area (Å²) in [7, 11) is 0. The molecular formula is C11H15N3S. The maximum Gasteiger partial charge on any atom is 0.0535 e. The Morgan fingerprint density at radius 1 is 1.53 bits per heavy atom. The van der Waals surface area contributed by atoms with Crippen LogP contribution in [0.2, 0.25) is 0 Å². The molecule has 3 nitrogen and oxygen atoms in total. The number of hydrogen-bond donors (Lipinski definition) is 2. The number of nitrogens with zero attached hydrogens (tertiary/aromatic N) is 1. The molecule has 2 rings (SSSR count). The fraction of sp³-hybridized carbons (Fsp3) is 0.364. The molecule has 4 heteroatoms. The molecule has 0 radical (unpaired) electrons. The summed E-state index contributed by atoms with van der Waals surface area (Å²) < 4.78 is 0. The van der Waals surface area contributed by atoms with Gasteiger partial charge in [-0.2, -0.15) is 16.4 Å². The zero-order chi connectivity index (χ0) is 10.5. The summed E-state index contributed by atoms with van der Waals surface area (Å²) in [5.41, 5.74) is 3.81. The lowest BCUT2D eigenvalue weighted by Gasteiger charge is -2.02. The molecule has 0 atom stereocenters. The first kappa shape index (κ1) is 10.4. The fourth-order valence-electron chi connectivity index (χ4n) is 1.44. The van der Waals surface area contributed by atoms with Gasteiger partial charge in [0.15, 0.2) is 0 Å². The minimum atomic E-state index is 0.895. The largest absolute Gasteiger partial charge is 0.312 e. The molecule has 0 aliphatic heterocycles. The topological polar surface area (TPSA) is 40.7 Å². The molecule has 2 aromatic heterocycles. The van der Waals surface area contributed by atoms with Gasteiger partial charge in [0.25, 0.3) is 0 Å². The molecule has 2 heterocycles. The third-order valence-electron chi connectivity index (χ3n) is 2.42. The van der Waals surface area contributed by atoms with Gasteiger partial charge in [0, 0.05) is 17.8 Å². The molecule has 0 unspecified atom stereocenters. The highest BCUT2D eigenvalue weighted by Gasteiger charge is 1.99. The minimum Gasteiger partial charge on any atom is -0.312 e. The van der Waals surface area contributed by atoms with Crippen LogP contribution in [0.15, 0.2) is 23.0 Å². The molecule has 80 valence electrons. The molecule has 0 bridgehead atoms. The Hall–Kier alpha value is -1.13. The number of rotatable bonds is 5. The molecule has 0 aromatic carbocycles. The van der Waals surface area contributed by atoms with Crippen molar-refractivity contribution in [3.63, 3.8) is 0 Å². The van der Waals surface area contributed by atoms with Crippen LogP contribution < -0.4 is 5.32 Å². The smallest absolute Gasteiger partial charge is 0.0535 e. The van der Waals surface area contributed by atoms with E-state index in [9.17, 15) is 0 Å². The van der Waals surface area contributed by atoms with Gasteiger partial charge in [0.05, 0.1) is 6.20 Å². The average molecular weight is 221 g/mol. The summed E-state index contributed by atoms with van der Waals surface area (Å²) in [5.74, 6) is 0. The van der Waals surface area contributed by atoms with Crippen LogP contribution in [0.3, 0.4) is 0 Å². The van der Waals surface area contributed by atoms with Crippen LogP contribution in [-0.2, 0) is 13.0 Å². The molecule has 0 saturated carbocycles. The van der Waals surface area contributed by atoms with Crippen LogP contribution in [0.1, 0.15) is 16.8 Å². The first-order valence-corrected chi connectivity index (χ1v) is 6.01. The van der Waals surface area contributed by atoms with Crippen molar-refractivity contribution in [2.75, 3.05) is 6.54 Å². The average Bonchev–Trinajstić information content (AvgIpc) is 2.85. The van der Waals surface area contributed by atoms with Gasteiger partial charge in [-0.3, -0.25) is 5.10 Å². The molecule has 0 saturated heterocycles. The lowest BCUT2D eigenvalue weighted by atomic mass is 10.2. The maximum absolute atomic E-state index is 3.99. The van der Waals surface area contributed by atoms with Crippen LogP contribution in [0, 0.1) is 6.92 Å². The second-order valence-corrected chi connectivity index (χ2v) is 4.36. The van der Waals surface area contributed by atoms with Gasteiger partial charge in [-0.1, -0.05) is 0 Å². The van der Waals surface area contributed by atoms with Crippen molar-refractivity contribution in [3.05, 3.63) is 39.8 Å². The first-order chi connectivity index (χ1) is 7.36. The van der Waals surface area contributed by atoms with Crippen molar-refractivity contribution in [3.8, 4) is 0 Å². The lowest BCUT2D eigenvalue weighted by molar-refractivity contribution is 0.685. The first-order valence-electron chi connectivity index (χ1n) is 5.07. The van der Waals surface area contributed by atoms with E-state index >= 15 is 0 Å². The summed E-state index contributed by atoms with van der Waals surface area (Å²) >= 11 is 1.76. The standard InChI is InChI=1S/C11H15N3S/c1-9-11(7-13-14-9)6-12-4-2-10-3-5-15-8-10/h3,5,7-8,12H,2,4,6H2,1H3,(H,13,14). The van der Waals surface area contributed by atoms with E-state index in [0.29, 0.717) is 0 Å². The van der Waals surface area contributed by atoms with Crippen molar-refractivity contribution >= 4 is 11.3 Å². The number of aromatic nitrogens is 2. The van der Waals surface area contributed by atoms with E-state index in [2.05, 4.69) is 32.3 Å². The van der Waals surface area contributed by atoms with E-state index in [0.717, 1.165) is 25.2 Å². The highest BCUT2D eigenvalue weighted by Crippen LogP contribution is 2.06. The second-order valence-electron chi connectivity index (χ2n) is 3.58. The number of aromatic amines is 1. The van der Waals surface area contributed by atoms with Gasteiger partial charge in [-0.05, 0) is 42.3 Å². The molecule has 0 aliphatic rings. The summed E-state index contributed by atoms with van der Waals surface area (Å²) in [4.78, 5) is 0. The summed E-state index contributed by atoms with van der Waals surface area (Å²) in [6, 6.07) is 2.18. The Kier molecular flexibility index (Phi) is 3.53. The Labute approximate surface area is 93.5 Å². The number of hydrogen-bond acceptors (Lipinski definition) is 3. The van der Waals surface area contributed by atoms with E-state index in [4.69, 9.17) is 0 Å². The Morgan fingerprint density at radius 2 is 2.47 bits per heavy atom. The number of aryl methyl sites for hydroxylation is 1. The van der Waals surface area contributed by atoms with Gasteiger partial charge < -0.3 is 5.32 Å². The fourth-order valence-corrected chi connectivity index (χ4v) is 2.15. The molecule has 15 heavy (non-hydrogen) atoms. The van der Waals surface area contributed by atoms with Crippen molar-refractivity contribution in [2.45, 2.75) is 19.9 Å². The van der Waals surface area contributed by atoms with Crippen LogP contribution in [0.4, 0.5) is 0 Å². The minimum absolute atomic E-state index is 0.895. The van der Waals surface area contributed by atoms with Crippen molar-refractivity contribution in [2.24, 2.45) is 0 Å². The van der Waals surface area contributed by atoms with Crippen LogP contribution in [-0.4, -0.2) is 16.7 Å². The van der Waals surface area contributed by atoms with Crippen LogP contribution >= 0.6 is 11.3 Å². The molecule has 0 spiro atoms.